The highest BCUT2D eigenvalue weighted by atomic mass is 16.6. The summed E-state index contributed by atoms with van der Waals surface area (Å²) >= 11 is 0. The molecular formula is C27H44N4O6. The van der Waals surface area contributed by atoms with Crippen molar-refractivity contribution in [1.82, 2.24) is 15.5 Å². The molecule has 1 aromatic carbocycles. The molecule has 0 aliphatic carbocycles. The molecule has 2 atom stereocenters. The van der Waals surface area contributed by atoms with Crippen LogP contribution in [0.15, 0.2) is 24.3 Å². The van der Waals surface area contributed by atoms with Gasteiger partial charge in [0.05, 0.1) is 6.61 Å². The first-order valence-electron chi connectivity index (χ1n) is 13.0. The molecular weight excluding hydrogens is 476 g/mol. The van der Waals surface area contributed by atoms with E-state index in [1.54, 1.807) is 32.9 Å². The summed E-state index contributed by atoms with van der Waals surface area (Å²) in [5.74, 6) is -1.67. The second kappa shape index (κ2) is 15.9. The van der Waals surface area contributed by atoms with Crippen LogP contribution in [0.4, 0.5) is 4.79 Å². The molecule has 10 nitrogen and oxygen atoms in total. The number of nitrogens with zero attached hydrogens (tertiary/aromatic N) is 1. The zero-order chi connectivity index (χ0) is 28.0. The average Bonchev–Trinajstić information content (AvgIpc) is 2.82. The summed E-state index contributed by atoms with van der Waals surface area (Å²) in [6.45, 7) is 9.00. The molecule has 0 spiro atoms. The molecule has 0 radical (unpaired) electrons. The van der Waals surface area contributed by atoms with E-state index in [-0.39, 0.29) is 19.4 Å². The fraction of sp³-hybridized carbons (Fsp3) is 0.630. The first kappa shape index (κ1) is 31.9. The van der Waals surface area contributed by atoms with E-state index < -0.39 is 48.1 Å². The standard InChI is InChI=1S/C27H44N4O6/c1-6-8-9-16-29-24(34)23(20-12-10-19(7-2)11-13-20)31(17-18-32)25(35)21(14-15-22(28)33)30-26(36)37-27(3,4)5/h10-13,21,23,32H,6-9,14-18H2,1-5H3,(H2,28,33)(H,29,34)(H,30,36). The van der Waals surface area contributed by atoms with Crippen molar-refractivity contribution in [1.29, 1.82) is 0 Å². The Labute approximate surface area is 220 Å². The fourth-order valence-electron chi connectivity index (χ4n) is 3.76. The third-order valence-electron chi connectivity index (χ3n) is 5.64. The van der Waals surface area contributed by atoms with Gasteiger partial charge in [-0.2, -0.15) is 0 Å². The Morgan fingerprint density at radius 2 is 1.73 bits per heavy atom. The normalized spacial score (nSPS) is 12.8. The molecule has 0 aliphatic heterocycles. The summed E-state index contributed by atoms with van der Waals surface area (Å²) in [5, 5.41) is 15.2. The first-order valence-corrected chi connectivity index (χ1v) is 13.0. The van der Waals surface area contributed by atoms with Crippen LogP contribution in [0.3, 0.4) is 0 Å². The van der Waals surface area contributed by atoms with Crippen LogP contribution in [0.25, 0.3) is 0 Å². The van der Waals surface area contributed by atoms with Crippen molar-refractivity contribution in [3.63, 3.8) is 0 Å². The topological polar surface area (TPSA) is 151 Å². The third kappa shape index (κ3) is 11.6. The van der Waals surface area contributed by atoms with Gasteiger partial charge in [-0.3, -0.25) is 14.4 Å². The highest BCUT2D eigenvalue weighted by Gasteiger charge is 2.36. The van der Waals surface area contributed by atoms with Gasteiger partial charge in [0.1, 0.15) is 17.7 Å². The maximum absolute atomic E-state index is 13.8. The lowest BCUT2D eigenvalue weighted by molar-refractivity contribution is -0.143. The van der Waals surface area contributed by atoms with E-state index in [9.17, 15) is 24.3 Å². The van der Waals surface area contributed by atoms with E-state index >= 15 is 0 Å². The number of benzene rings is 1. The summed E-state index contributed by atoms with van der Waals surface area (Å²) < 4.78 is 5.29. The van der Waals surface area contributed by atoms with E-state index in [1.807, 2.05) is 19.1 Å². The molecule has 0 aromatic heterocycles. The number of aryl methyl sites for hydroxylation is 1. The molecule has 0 fully saturated rings. The van der Waals surface area contributed by atoms with Crippen molar-refractivity contribution in [2.75, 3.05) is 19.7 Å². The van der Waals surface area contributed by atoms with E-state index in [0.717, 1.165) is 31.2 Å². The van der Waals surface area contributed by atoms with Crippen molar-refractivity contribution in [2.45, 2.75) is 90.8 Å². The van der Waals surface area contributed by atoms with Gasteiger partial charge in [-0.05, 0) is 51.2 Å². The highest BCUT2D eigenvalue weighted by molar-refractivity contribution is 5.92. The van der Waals surface area contributed by atoms with Gasteiger partial charge in [-0.25, -0.2) is 4.79 Å². The second-order valence-corrected chi connectivity index (χ2v) is 9.95. The number of aliphatic hydroxyl groups is 1. The second-order valence-electron chi connectivity index (χ2n) is 9.95. The van der Waals surface area contributed by atoms with Crippen LogP contribution in [0.2, 0.25) is 0 Å². The maximum atomic E-state index is 13.8. The number of aliphatic hydroxyl groups excluding tert-OH is 1. The van der Waals surface area contributed by atoms with Gasteiger partial charge in [0.15, 0.2) is 0 Å². The Kier molecular flexibility index (Phi) is 13.7. The molecule has 208 valence electrons. The Morgan fingerprint density at radius 3 is 2.24 bits per heavy atom. The van der Waals surface area contributed by atoms with Gasteiger partial charge < -0.3 is 31.1 Å². The van der Waals surface area contributed by atoms with Gasteiger partial charge in [0.25, 0.3) is 0 Å². The molecule has 37 heavy (non-hydrogen) atoms. The highest BCUT2D eigenvalue weighted by Crippen LogP contribution is 2.24. The van der Waals surface area contributed by atoms with Crippen LogP contribution in [0.5, 0.6) is 0 Å². The van der Waals surface area contributed by atoms with Crippen LogP contribution >= 0.6 is 0 Å². The molecule has 0 saturated carbocycles. The zero-order valence-corrected chi connectivity index (χ0v) is 22.8. The monoisotopic (exact) mass is 520 g/mol. The molecule has 0 aliphatic rings. The number of primary amides is 1. The summed E-state index contributed by atoms with van der Waals surface area (Å²) in [5.41, 5.74) is 6.12. The predicted octanol–water partition coefficient (Wildman–Crippen LogP) is 2.58. The van der Waals surface area contributed by atoms with Crippen LogP contribution in [-0.2, 0) is 25.5 Å². The number of alkyl carbamates (subject to hydrolysis) is 1. The molecule has 1 rings (SSSR count). The van der Waals surface area contributed by atoms with Gasteiger partial charge in [-0.1, -0.05) is 51.0 Å². The van der Waals surface area contributed by atoms with Gasteiger partial charge in [0, 0.05) is 19.5 Å². The van der Waals surface area contributed by atoms with Crippen LogP contribution in [0, 0.1) is 0 Å². The lowest BCUT2D eigenvalue weighted by Crippen LogP contribution is -2.54. The third-order valence-corrected chi connectivity index (χ3v) is 5.64. The summed E-state index contributed by atoms with van der Waals surface area (Å²) in [7, 11) is 0. The molecule has 10 heteroatoms. The lowest BCUT2D eigenvalue weighted by atomic mass is 9.99. The number of hydrogen-bond donors (Lipinski definition) is 4. The number of nitrogens with one attached hydrogen (secondary N) is 2. The van der Waals surface area contributed by atoms with Crippen LogP contribution < -0.4 is 16.4 Å². The Hall–Kier alpha value is -3.14. The van der Waals surface area contributed by atoms with Crippen LogP contribution in [-0.4, -0.2) is 65.2 Å². The van der Waals surface area contributed by atoms with Crippen molar-refractivity contribution < 1.29 is 29.0 Å². The Balaban J connectivity index is 3.37. The van der Waals surface area contributed by atoms with E-state index in [2.05, 4.69) is 17.6 Å². The first-order chi connectivity index (χ1) is 17.4. The zero-order valence-electron chi connectivity index (χ0n) is 22.8. The lowest BCUT2D eigenvalue weighted by Gasteiger charge is -2.34. The van der Waals surface area contributed by atoms with Crippen molar-refractivity contribution in [3.05, 3.63) is 35.4 Å². The van der Waals surface area contributed by atoms with Gasteiger partial charge >= 0.3 is 6.09 Å². The smallest absolute Gasteiger partial charge is 0.408 e. The predicted molar refractivity (Wildman–Crippen MR) is 141 cm³/mol. The molecule has 1 aromatic rings. The quantitative estimate of drug-likeness (QED) is 0.261. The SMILES string of the molecule is CCCCCNC(=O)C(c1ccc(CC)cc1)N(CCO)C(=O)C(CCC(N)=O)NC(=O)OC(C)(C)C. The number of carbonyl (C=O) groups excluding carboxylic acids is 4. The number of amides is 4. The number of hydrogen-bond acceptors (Lipinski definition) is 6. The van der Waals surface area contributed by atoms with Crippen molar-refractivity contribution in [2.24, 2.45) is 5.73 Å². The number of ether oxygens (including phenoxy) is 1. The summed E-state index contributed by atoms with van der Waals surface area (Å²) in [4.78, 5) is 52.4. The average molecular weight is 521 g/mol. The van der Waals surface area contributed by atoms with Crippen molar-refractivity contribution in [3.8, 4) is 0 Å². The van der Waals surface area contributed by atoms with E-state index in [1.165, 1.54) is 4.90 Å². The number of carbonyl (C=O) groups is 4. The van der Waals surface area contributed by atoms with E-state index in [4.69, 9.17) is 10.5 Å². The minimum absolute atomic E-state index is 0.0883. The molecule has 4 amide bonds. The van der Waals surface area contributed by atoms with Gasteiger partial charge in [0.2, 0.25) is 17.7 Å². The number of nitrogens with two attached hydrogens (primary N) is 1. The molecule has 0 saturated heterocycles. The summed E-state index contributed by atoms with van der Waals surface area (Å²) in [6.07, 6.45) is 2.44. The minimum Gasteiger partial charge on any atom is -0.444 e. The van der Waals surface area contributed by atoms with Crippen molar-refractivity contribution >= 4 is 23.8 Å². The molecule has 5 N–H and O–H groups in total. The fourth-order valence-corrected chi connectivity index (χ4v) is 3.76. The summed E-state index contributed by atoms with van der Waals surface area (Å²) in [6, 6.07) is 5.09. The number of rotatable bonds is 15. The van der Waals surface area contributed by atoms with Crippen LogP contribution in [0.1, 0.15) is 83.9 Å². The minimum atomic E-state index is -1.20. The molecule has 0 heterocycles. The molecule has 0 bridgehead atoms. The number of unbranched alkanes of at least 4 members (excludes halogenated alkanes) is 2. The Bertz CT molecular complexity index is 882. The Morgan fingerprint density at radius 1 is 1.08 bits per heavy atom. The largest absolute Gasteiger partial charge is 0.444 e. The van der Waals surface area contributed by atoms with E-state index in [0.29, 0.717) is 12.1 Å². The van der Waals surface area contributed by atoms with Gasteiger partial charge in [-0.15, -0.1) is 0 Å². The molecule has 2 unspecified atom stereocenters. The maximum Gasteiger partial charge on any atom is 0.408 e.